The van der Waals surface area contributed by atoms with Crippen molar-refractivity contribution >= 4 is 16.0 Å². The molecule has 0 saturated carbocycles. The topological polar surface area (TPSA) is 101 Å². The fraction of sp³-hybridized carbons (Fsp3) is 0.632. The van der Waals surface area contributed by atoms with Gasteiger partial charge in [0.25, 0.3) is 0 Å². The third-order valence-electron chi connectivity index (χ3n) is 4.37. The summed E-state index contributed by atoms with van der Waals surface area (Å²) in [5.41, 5.74) is 1.01. The van der Waals surface area contributed by atoms with Gasteiger partial charge in [-0.05, 0) is 43.9 Å². The molecular weight excluding hydrogens is 380 g/mol. The third kappa shape index (κ3) is 8.45. The van der Waals surface area contributed by atoms with E-state index in [1.165, 1.54) is 0 Å². The Labute approximate surface area is 168 Å². The van der Waals surface area contributed by atoms with Crippen molar-refractivity contribution in [2.24, 2.45) is 4.99 Å². The van der Waals surface area contributed by atoms with E-state index in [1.807, 2.05) is 31.2 Å². The van der Waals surface area contributed by atoms with Gasteiger partial charge in [-0.25, -0.2) is 18.1 Å². The molecule has 1 unspecified atom stereocenters. The van der Waals surface area contributed by atoms with E-state index in [9.17, 15) is 8.42 Å². The highest BCUT2D eigenvalue weighted by Crippen LogP contribution is 2.13. The van der Waals surface area contributed by atoms with E-state index in [1.54, 1.807) is 7.11 Å². The number of aliphatic imine (C=N–C) groups is 1. The predicted molar refractivity (Wildman–Crippen MR) is 111 cm³/mol. The molecule has 8 nitrogen and oxygen atoms in total. The van der Waals surface area contributed by atoms with Gasteiger partial charge in [0.1, 0.15) is 5.75 Å². The fourth-order valence-corrected chi connectivity index (χ4v) is 3.80. The van der Waals surface area contributed by atoms with Gasteiger partial charge >= 0.3 is 0 Å². The maximum Gasteiger partial charge on any atom is 0.213 e. The van der Waals surface area contributed by atoms with Crippen LogP contribution >= 0.6 is 0 Å². The summed E-state index contributed by atoms with van der Waals surface area (Å²) in [6.45, 7) is 4.44. The van der Waals surface area contributed by atoms with Crippen LogP contribution in [0.5, 0.6) is 5.75 Å². The summed E-state index contributed by atoms with van der Waals surface area (Å²) < 4.78 is 37.8. The number of nitrogens with one attached hydrogen (secondary N) is 3. The molecule has 1 heterocycles. The molecule has 3 N–H and O–H groups in total. The van der Waals surface area contributed by atoms with Crippen molar-refractivity contribution in [3.63, 3.8) is 0 Å². The zero-order valence-electron chi connectivity index (χ0n) is 16.7. The number of sulfonamides is 1. The molecule has 1 aromatic rings. The van der Waals surface area contributed by atoms with Crippen molar-refractivity contribution in [1.82, 2.24) is 15.4 Å². The number of ether oxygens (including phenoxy) is 2. The van der Waals surface area contributed by atoms with Crippen LogP contribution < -0.4 is 20.1 Å². The highest BCUT2D eigenvalue weighted by atomic mass is 32.2. The third-order valence-corrected chi connectivity index (χ3v) is 5.71. The number of rotatable bonds is 10. The Balaban J connectivity index is 1.79. The van der Waals surface area contributed by atoms with Gasteiger partial charge in [0.15, 0.2) is 5.96 Å². The van der Waals surface area contributed by atoms with Crippen molar-refractivity contribution in [3.05, 3.63) is 29.8 Å². The average Bonchev–Trinajstić information content (AvgIpc) is 2.71. The van der Waals surface area contributed by atoms with Gasteiger partial charge in [-0.15, -0.1) is 0 Å². The monoisotopic (exact) mass is 412 g/mol. The number of methoxy groups -OCH3 is 1. The van der Waals surface area contributed by atoms with Crippen LogP contribution in [0.1, 0.15) is 31.7 Å². The number of benzene rings is 1. The van der Waals surface area contributed by atoms with Crippen LogP contribution in [0, 0.1) is 0 Å². The first-order chi connectivity index (χ1) is 13.5. The molecule has 1 atom stereocenters. The Hall–Kier alpha value is -1.84. The van der Waals surface area contributed by atoms with Crippen LogP contribution in [-0.2, 0) is 21.3 Å². The first kappa shape index (κ1) is 22.4. The predicted octanol–water partition coefficient (Wildman–Crippen LogP) is 1.24. The Kier molecular flexibility index (Phi) is 9.52. The lowest BCUT2D eigenvalue weighted by molar-refractivity contribution is 0.0200. The first-order valence-electron chi connectivity index (χ1n) is 9.76. The molecule has 0 radical (unpaired) electrons. The van der Waals surface area contributed by atoms with Crippen LogP contribution in [0.4, 0.5) is 0 Å². The first-order valence-corrected chi connectivity index (χ1v) is 11.4. The van der Waals surface area contributed by atoms with Crippen LogP contribution in [0.25, 0.3) is 0 Å². The van der Waals surface area contributed by atoms with E-state index in [4.69, 9.17) is 9.47 Å². The summed E-state index contributed by atoms with van der Waals surface area (Å²) >= 11 is 0. The fourth-order valence-electron chi connectivity index (χ4n) is 2.85. The zero-order valence-corrected chi connectivity index (χ0v) is 17.6. The number of nitrogens with zero attached hydrogens (tertiary/aromatic N) is 1. The molecule has 1 aromatic carbocycles. The second-order valence-electron chi connectivity index (χ2n) is 6.63. The highest BCUT2D eigenvalue weighted by molar-refractivity contribution is 7.89. The number of guanidine groups is 1. The maximum absolute atomic E-state index is 12.2. The van der Waals surface area contributed by atoms with Crippen molar-refractivity contribution < 1.29 is 17.9 Å². The van der Waals surface area contributed by atoms with Gasteiger partial charge in [0, 0.05) is 26.2 Å². The molecule has 1 aliphatic rings. The number of hydrogen-bond donors (Lipinski definition) is 3. The number of hydrogen-bond acceptors (Lipinski definition) is 5. The second kappa shape index (κ2) is 11.9. The summed E-state index contributed by atoms with van der Waals surface area (Å²) in [5, 5.41) is 6.19. The molecular formula is C19H32N4O4S. The molecule has 9 heteroatoms. The normalized spacial score (nSPS) is 17.9. The summed E-state index contributed by atoms with van der Waals surface area (Å²) in [6, 6.07) is 7.69. The van der Waals surface area contributed by atoms with Crippen molar-refractivity contribution in [2.75, 3.05) is 39.1 Å². The molecule has 0 bridgehead atoms. The van der Waals surface area contributed by atoms with E-state index in [0.717, 1.165) is 30.6 Å². The summed E-state index contributed by atoms with van der Waals surface area (Å²) in [4.78, 5) is 4.50. The standard InChI is InChI=1S/C19H32N4O4S/c1-3-20-19(22-14-16-7-6-9-17(13-16)26-2)21-10-12-28(24,25)23-15-18-8-4-5-11-27-18/h6-7,9,13,18,23H,3-5,8,10-12,14-15H2,1-2H3,(H2,20,21,22). The van der Waals surface area contributed by atoms with Crippen LogP contribution in [0.15, 0.2) is 29.3 Å². The zero-order chi connectivity index (χ0) is 20.2. The lowest BCUT2D eigenvalue weighted by atomic mass is 10.1. The largest absolute Gasteiger partial charge is 0.497 e. The lowest BCUT2D eigenvalue weighted by Crippen LogP contribution is -2.42. The van der Waals surface area contributed by atoms with E-state index in [0.29, 0.717) is 32.2 Å². The molecule has 0 amide bonds. The van der Waals surface area contributed by atoms with Crippen LogP contribution in [0.2, 0.25) is 0 Å². The molecule has 0 spiro atoms. The van der Waals surface area contributed by atoms with Gasteiger partial charge < -0.3 is 20.1 Å². The van der Waals surface area contributed by atoms with Gasteiger partial charge in [-0.3, -0.25) is 0 Å². The van der Waals surface area contributed by atoms with Crippen LogP contribution in [-0.4, -0.2) is 59.6 Å². The second-order valence-corrected chi connectivity index (χ2v) is 8.56. The molecule has 1 fully saturated rings. The maximum atomic E-state index is 12.2. The van der Waals surface area contributed by atoms with Gasteiger partial charge in [0.2, 0.25) is 10.0 Å². The molecule has 1 saturated heterocycles. The summed E-state index contributed by atoms with van der Waals surface area (Å²) in [6.07, 6.45) is 3.03. The van der Waals surface area contributed by atoms with Crippen molar-refractivity contribution in [1.29, 1.82) is 0 Å². The molecule has 28 heavy (non-hydrogen) atoms. The van der Waals surface area contributed by atoms with Gasteiger partial charge in [0.05, 0.1) is 25.5 Å². The summed E-state index contributed by atoms with van der Waals surface area (Å²) in [7, 11) is -1.73. The molecule has 0 aromatic heterocycles. The molecule has 1 aliphatic heterocycles. The van der Waals surface area contributed by atoms with Crippen LogP contribution in [0.3, 0.4) is 0 Å². The van der Waals surface area contributed by atoms with E-state index < -0.39 is 10.0 Å². The van der Waals surface area contributed by atoms with E-state index in [-0.39, 0.29) is 18.4 Å². The quantitative estimate of drug-likeness (QED) is 0.395. The smallest absolute Gasteiger partial charge is 0.213 e. The SMILES string of the molecule is CCNC(=NCc1cccc(OC)c1)NCCS(=O)(=O)NCC1CCCCO1. The Morgan fingerprint density at radius 2 is 2.18 bits per heavy atom. The van der Waals surface area contributed by atoms with E-state index >= 15 is 0 Å². The minimum atomic E-state index is -3.36. The minimum Gasteiger partial charge on any atom is -0.497 e. The lowest BCUT2D eigenvalue weighted by Gasteiger charge is -2.22. The summed E-state index contributed by atoms with van der Waals surface area (Å²) in [5.74, 6) is 1.34. The van der Waals surface area contributed by atoms with Gasteiger partial charge in [-0.1, -0.05) is 12.1 Å². The molecule has 0 aliphatic carbocycles. The Morgan fingerprint density at radius 3 is 2.89 bits per heavy atom. The molecule has 2 rings (SSSR count). The van der Waals surface area contributed by atoms with E-state index in [2.05, 4.69) is 20.3 Å². The minimum absolute atomic E-state index is 0.0155. The van der Waals surface area contributed by atoms with Crippen molar-refractivity contribution in [2.45, 2.75) is 38.8 Å². The molecule has 158 valence electrons. The average molecular weight is 413 g/mol. The Morgan fingerprint density at radius 1 is 1.32 bits per heavy atom. The van der Waals surface area contributed by atoms with Gasteiger partial charge in [-0.2, -0.15) is 0 Å². The highest BCUT2D eigenvalue weighted by Gasteiger charge is 2.17. The Bertz CT molecular complexity index is 718. The van der Waals surface area contributed by atoms with Crippen molar-refractivity contribution in [3.8, 4) is 5.75 Å².